The summed E-state index contributed by atoms with van der Waals surface area (Å²) in [5.74, 6) is 0.163. The maximum absolute atomic E-state index is 13.7. The third-order valence-corrected chi connectivity index (χ3v) is 8.63. The van der Waals surface area contributed by atoms with Crippen LogP contribution in [0.4, 0.5) is 5.69 Å². The summed E-state index contributed by atoms with van der Waals surface area (Å²) < 4.78 is 31.9. The van der Waals surface area contributed by atoms with E-state index in [9.17, 15) is 18.0 Å². The Balaban J connectivity index is 1.78. The quantitative estimate of drug-likeness (QED) is 0.382. The van der Waals surface area contributed by atoms with Crippen LogP contribution in [0.3, 0.4) is 0 Å². The van der Waals surface area contributed by atoms with E-state index in [4.69, 9.17) is 4.74 Å². The lowest BCUT2D eigenvalue weighted by atomic mass is 9.95. The van der Waals surface area contributed by atoms with Gasteiger partial charge in [-0.25, -0.2) is 8.42 Å². The molecule has 0 aliphatic heterocycles. The Bertz CT molecular complexity index is 1210. The molecular formula is C30H43N3O5S. The number of aryl methyl sites for hydroxylation is 1. The fourth-order valence-corrected chi connectivity index (χ4v) is 6.22. The van der Waals surface area contributed by atoms with Gasteiger partial charge in [-0.1, -0.05) is 62.6 Å². The third-order valence-electron chi connectivity index (χ3n) is 7.45. The number of hydrogen-bond donors (Lipinski definition) is 1. The molecular weight excluding hydrogens is 514 g/mol. The van der Waals surface area contributed by atoms with Crippen molar-refractivity contribution in [3.05, 3.63) is 59.7 Å². The summed E-state index contributed by atoms with van der Waals surface area (Å²) in [6.07, 6.45) is 7.40. The molecule has 0 spiro atoms. The molecule has 0 bridgehead atoms. The number of nitrogens with one attached hydrogen (secondary N) is 1. The smallest absolute Gasteiger partial charge is 0.243 e. The molecule has 8 nitrogen and oxygen atoms in total. The van der Waals surface area contributed by atoms with Crippen LogP contribution >= 0.6 is 0 Å². The van der Waals surface area contributed by atoms with Crippen molar-refractivity contribution in [2.75, 3.05) is 24.2 Å². The Morgan fingerprint density at radius 3 is 2.36 bits per heavy atom. The van der Waals surface area contributed by atoms with E-state index >= 15 is 0 Å². The largest absolute Gasteiger partial charge is 0.495 e. The van der Waals surface area contributed by atoms with Crippen LogP contribution in [0.5, 0.6) is 5.75 Å². The molecule has 39 heavy (non-hydrogen) atoms. The zero-order chi connectivity index (χ0) is 28.4. The van der Waals surface area contributed by atoms with E-state index in [1.165, 1.54) is 17.8 Å². The van der Waals surface area contributed by atoms with Crippen LogP contribution in [0.1, 0.15) is 69.4 Å². The summed E-state index contributed by atoms with van der Waals surface area (Å²) in [7, 11) is -2.11. The average molecular weight is 558 g/mol. The fraction of sp³-hybridized carbons (Fsp3) is 0.533. The number of carbonyl (C=O) groups excluding carboxylic acids is 2. The van der Waals surface area contributed by atoms with Crippen LogP contribution < -0.4 is 14.4 Å². The molecule has 0 heterocycles. The number of carbonyl (C=O) groups is 2. The minimum Gasteiger partial charge on any atom is -0.495 e. The minimum absolute atomic E-state index is 0.111. The van der Waals surface area contributed by atoms with Crippen molar-refractivity contribution >= 4 is 27.5 Å². The molecule has 0 unspecified atom stereocenters. The van der Waals surface area contributed by atoms with Gasteiger partial charge < -0.3 is 15.0 Å². The normalized spacial score (nSPS) is 14.9. The number of rotatable bonds is 13. The lowest BCUT2D eigenvalue weighted by Gasteiger charge is -2.33. The van der Waals surface area contributed by atoms with Gasteiger partial charge in [0.1, 0.15) is 11.8 Å². The van der Waals surface area contributed by atoms with Gasteiger partial charge in [0, 0.05) is 25.6 Å². The Kier molecular flexibility index (Phi) is 11.2. The lowest BCUT2D eigenvalue weighted by molar-refractivity contribution is -0.141. The molecule has 3 rings (SSSR count). The van der Waals surface area contributed by atoms with Gasteiger partial charge in [0.2, 0.25) is 21.8 Å². The molecule has 2 amide bonds. The van der Waals surface area contributed by atoms with Gasteiger partial charge in [-0.15, -0.1) is 0 Å². The second-order valence-corrected chi connectivity index (χ2v) is 12.2. The van der Waals surface area contributed by atoms with Gasteiger partial charge in [-0.05, 0) is 55.9 Å². The topological polar surface area (TPSA) is 96.0 Å². The molecule has 0 radical (unpaired) electrons. The van der Waals surface area contributed by atoms with Gasteiger partial charge in [0.05, 0.1) is 19.1 Å². The lowest BCUT2D eigenvalue weighted by Crippen LogP contribution is -2.51. The number of amides is 2. The Hall–Kier alpha value is -3.07. The van der Waals surface area contributed by atoms with Crippen LogP contribution in [0.2, 0.25) is 0 Å². The highest BCUT2D eigenvalue weighted by Crippen LogP contribution is 2.30. The molecule has 1 atom stereocenters. The SMILES string of the molecule is CC[C@H](C(=O)NC1CCCCC1)N(Cc1ccccc1C)C(=O)CCCN(c1ccccc1OC)S(C)(=O)=O. The fourth-order valence-electron chi connectivity index (χ4n) is 5.25. The summed E-state index contributed by atoms with van der Waals surface area (Å²) in [6, 6.07) is 14.3. The van der Waals surface area contributed by atoms with Gasteiger partial charge in [0.25, 0.3) is 0 Å². The molecule has 214 valence electrons. The first-order valence-electron chi connectivity index (χ1n) is 13.9. The summed E-state index contributed by atoms with van der Waals surface area (Å²) in [5.41, 5.74) is 2.48. The standard InChI is InChI=1S/C30H43N3O5S/c1-5-26(30(35)31-25-16-7-6-8-17-25)32(22-24-15-10-9-14-23(24)2)29(34)20-13-21-33(39(4,36)37)27-18-11-12-19-28(27)38-3/h9-12,14-15,18-19,25-26H,5-8,13,16-17,20-22H2,1-4H3,(H,31,35)/t26-/m1/s1. The van der Waals surface area contributed by atoms with Gasteiger partial charge in [-0.3, -0.25) is 13.9 Å². The first-order valence-corrected chi connectivity index (χ1v) is 15.8. The molecule has 1 saturated carbocycles. The van der Waals surface area contributed by atoms with Crippen molar-refractivity contribution in [2.24, 2.45) is 0 Å². The second kappa shape index (κ2) is 14.4. The highest BCUT2D eigenvalue weighted by molar-refractivity contribution is 7.92. The molecule has 0 aromatic heterocycles. The number of methoxy groups -OCH3 is 1. The summed E-state index contributed by atoms with van der Waals surface area (Å²) in [4.78, 5) is 28.8. The number of hydrogen-bond acceptors (Lipinski definition) is 5. The molecule has 1 aliphatic carbocycles. The van der Waals surface area contributed by atoms with E-state index in [1.54, 1.807) is 29.2 Å². The highest BCUT2D eigenvalue weighted by atomic mass is 32.2. The van der Waals surface area contributed by atoms with Crippen LogP contribution in [0.15, 0.2) is 48.5 Å². The first-order chi connectivity index (χ1) is 18.7. The predicted octanol–water partition coefficient (Wildman–Crippen LogP) is 4.81. The van der Waals surface area contributed by atoms with E-state index in [0.29, 0.717) is 30.8 Å². The molecule has 2 aromatic carbocycles. The van der Waals surface area contributed by atoms with Crippen molar-refractivity contribution < 1.29 is 22.7 Å². The third kappa shape index (κ3) is 8.46. The van der Waals surface area contributed by atoms with Crippen LogP contribution in [0.25, 0.3) is 0 Å². The van der Waals surface area contributed by atoms with Gasteiger partial charge in [-0.2, -0.15) is 0 Å². The minimum atomic E-state index is -3.61. The van der Waals surface area contributed by atoms with Crippen molar-refractivity contribution in [3.8, 4) is 5.75 Å². The number of ether oxygens (including phenoxy) is 1. The van der Waals surface area contributed by atoms with E-state index in [1.807, 2.05) is 38.1 Å². The van der Waals surface area contributed by atoms with Crippen molar-refractivity contribution in [2.45, 2.75) is 83.8 Å². The van der Waals surface area contributed by atoms with Crippen LogP contribution in [-0.4, -0.2) is 57.1 Å². The highest BCUT2D eigenvalue weighted by Gasteiger charge is 2.31. The van der Waals surface area contributed by atoms with E-state index in [2.05, 4.69) is 5.32 Å². The van der Waals surface area contributed by atoms with Crippen LogP contribution in [-0.2, 0) is 26.2 Å². The average Bonchev–Trinajstić information content (AvgIpc) is 2.91. The number of anilines is 1. The van der Waals surface area contributed by atoms with Crippen molar-refractivity contribution in [3.63, 3.8) is 0 Å². The second-order valence-electron chi connectivity index (χ2n) is 10.3. The molecule has 0 saturated heterocycles. The number of sulfonamides is 1. The molecule has 2 aromatic rings. The number of benzene rings is 2. The Morgan fingerprint density at radius 1 is 1.05 bits per heavy atom. The van der Waals surface area contributed by atoms with Gasteiger partial charge in [0.15, 0.2) is 0 Å². The van der Waals surface area contributed by atoms with Crippen molar-refractivity contribution in [1.82, 2.24) is 10.2 Å². The first kappa shape index (κ1) is 30.5. The molecule has 1 aliphatic rings. The predicted molar refractivity (Wildman–Crippen MR) is 155 cm³/mol. The van der Waals surface area contributed by atoms with Crippen molar-refractivity contribution in [1.29, 1.82) is 0 Å². The number of para-hydroxylation sites is 2. The maximum Gasteiger partial charge on any atom is 0.243 e. The molecule has 1 fully saturated rings. The van der Waals surface area contributed by atoms with Crippen LogP contribution in [0, 0.1) is 6.92 Å². The maximum atomic E-state index is 13.7. The summed E-state index contributed by atoms with van der Waals surface area (Å²) in [6.45, 7) is 4.37. The zero-order valence-corrected chi connectivity index (χ0v) is 24.5. The summed E-state index contributed by atoms with van der Waals surface area (Å²) in [5, 5.41) is 3.20. The summed E-state index contributed by atoms with van der Waals surface area (Å²) >= 11 is 0. The Morgan fingerprint density at radius 2 is 1.72 bits per heavy atom. The van der Waals surface area contributed by atoms with E-state index in [0.717, 1.165) is 43.1 Å². The monoisotopic (exact) mass is 557 g/mol. The zero-order valence-electron chi connectivity index (χ0n) is 23.7. The molecule has 9 heteroatoms. The van der Waals surface area contributed by atoms with E-state index in [-0.39, 0.29) is 30.8 Å². The molecule has 1 N–H and O–H groups in total. The van der Waals surface area contributed by atoms with Gasteiger partial charge >= 0.3 is 0 Å². The Labute approximate surface area is 233 Å². The van der Waals surface area contributed by atoms with E-state index < -0.39 is 16.1 Å². The number of nitrogens with zero attached hydrogens (tertiary/aromatic N) is 2.